The van der Waals surface area contributed by atoms with Crippen molar-refractivity contribution in [2.45, 2.75) is 0 Å². The molecule has 3 rings (SSSR count). The van der Waals surface area contributed by atoms with E-state index in [4.69, 9.17) is 5.73 Å². The summed E-state index contributed by atoms with van der Waals surface area (Å²) in [4.78, 5) is 3.94. The van der Waals surface area contributed by atoms with Gasteiger partial charge in [0, 0.05) is 31.1 Å². The fourth-order valence-electron chi connectivity index (χ4n) is 2.23. The summed E-state index contributed by atoms with van der Waals surface area (Å²) in [5.41, 5.74) is 8.20. The van der Waals surface area contributed by atoms with E-state index in [-0.39, 0.29) is 0 Å². The van der Waals surface area contributed by atoms with Gasteiger partial charge in [-0.2, -0.15) is 5.10 Å². The quantitative estimate of drug-likeness (QED) is 0.788. The van der Waals surface area contributed by atoms with E-state index in [9.17, 15) is 8.78 Å². The second-order valence-corrected chi connectivity index (χ2v) is 4.63. The van der Waals surface area contributed by atoms with Gasteiger partial charge in [0.1, 0.15) is 23.1 Å². The van der Waals surface area contributed by atoms with Gasteiger partial charge < -0.3 is 5.73 Å². The normalized spacial score (nSPS) is 10.8. The Labute approximate surface area is 119 Å². The Morgan fingerprint density at radius 2 is 1.62 bits per heavy atom. The first-order valence-electron chi connectivity index (χ1n) is 6.25. The molecule has 106 valence electrons. The largest absolute Gasteiger partial charge is 0.383 e. The van der Waals surface area contributed by atoms with Gasteiger partial charge in [-0.1, -0.05) is 0 Å². The number of rotatable bonds is 2. The first-order valence-corrected chi connectivity index (χ1v) is 6.25. The summed E-state index contributed by atoms with van der Waals surface area (Å²) in [6.07, 6.45) is 3.24. The van der Waals surface area contributed by atoms with Crippen molar-refractivity contribution in [3.05, 3.63) is 54.4 Å². The molecule has 0 aliphatic rings. The molecule has 0 radical (unpaired) electrons. The van der Waals surface area contributed by atoms with Gasteiger partial charge in [-0.15, -0.1) is 0 Å². The van der Waals surface area contributed by atoms with Crippen LogP contribution in [0.5, 0.6) is 0 Å². The number of nitrogens with zero attached hydrogens (tertiary/aromatic N) is 3. The number of nitrogens with two attached hydrogens (primary N) is 1. The summed E-state index contributed by atoms with van der Waals surface area (Å²) in [5, 5.41) is 4.34. The summed E-state index contributed by atoms with van der Waals surface area (Å²) >= 11 is 0. The molecule has 6 heteroatoms. The van der Waals surface area contributed by atoms with Crippen molar-refractivity contribution in [3.8, 4) is 22.4 Å². The zero-order chi connectivity index (χ0) is 15.0. The lowest BCUT2D eigenvalue weighted by molar-refractivity contribution is 0.584. The number of pyridine rings is 1. The minimum absolute atomic E-state index is 0.340. The number of hydrogen-bond acceptors (Lipinski definition) is 3. The Hall–Kier alpha value is -2.76. The highest BCUT2D eigenvalue weighted by atomic mass is 19.1. The summed E-state index contributed by atoms with van der Waals surface area (Å²) < 4.78 is 28.4. The molecule has 0 fully saturated rings. The third kappa shape index (κ3) is 2.35. The second-order valence-electron chi connectivity index (χ2n) is 4.63. The first kappa shape index (κ1) is 13.2. The molecule has 1 aromatic carbocycles. The van der Waals surface area contributed by atoms with Crippen LogP contribution in [-0.2, 0) is 7.05 Å². The van der Waals surface area contributed by atoms with Crippen LogP contribution in [0.2, 0.25) is 0 Å². The summed E-state index contributed by atoms with van der Waals surface area (Å²) in [6, 6.07) is 6.83. The van der Waals surface area contributed by atoms with E-state index in [2.05, 4.69) is 10.1 Å². The molecule has 0 saturated carbocycles. The predicted molar refractivity (Wildman–Crippen MR) is 76.2 cm³/mol. The topological polar surface area (TPSA) is 56.7 Å². The van der Waals surface area contributed by atoms with Gasteiger partial charge in [0.25, 0.3) is 0 Å². The van der Waals surface area contributed by atoms with Crippen molar-refractivity contribution in [1.82, 2.24) is 14.8 Å². The number of hydrogen-bond donors (Lipinski definition) is 1. The molecule has 0 aliphatic carbocycles. The van der Waals surface area contributed by atoms with Crippen LogP contribution < -0.4 is 5.73 Å². The molecule has 0 aliphatic heterocycles. The van der Waals surface area contributed by atoms with Crippen molar-refractivity contribution in [2.24, 2.45) is 7.05 Å². The zero-order valence-corrected chi connectivity index (χ0v) is 11.2. The fourth-order valence-corrected chi connectivity index (χ4v) is 2.23. The van der Waals surface area contributed by atoms with Crippen molar-refractivity contribution in [1.29, 1.82) is 0 Å². The lowest BCUT2D eigenvalue weighted by Crippen LogP contribution is -1.98. The SMILES string of the molecule is Cn1nc(-c2ccncc2)c(-c2cc(F)cc(F)c2)c1N. The van der Waals surface area contributed by atoms with Crippen molar-refractivity contribution >= 4 is 5.82 Å². The van der Waals surface area contributed by atoms with Gasteiger partial charge in [0.2, 0.25) is 0 Å². The van der Waals surface area contributed by atoms with Gasteiger partial charge in [-0.3, -0.25) is 9.67 Å². The van der Waals surface area contributed by atoms with Crippen LogP contribution in [0.1, 0.15) is 0 Å². The van der Waals surface area contributed by atoms with Crippen molar-refractivity contribution < 1.29 is 8.78 Å². The van der Waals surface area contributed by atoms with Crippen LogP contribution in [0.4, 0.5) is 14.6 Å². The maximum atomic E-state index is 13.5. The number of benzene rings is 1. The minimum Gasteiger partial charge on any atom is -0.383 e. The molecule has 3 aromatic rings. The molecule has 21 heavy (non-hydrogen) atoms. The van der Waals surface area contributed by atoms with Crippen LogP contribution >= 0.6 is 0 Å². The second kappa shape index (κ2) is 4.97. The average molecular weight is 286 g/mol. The minimum atomic E-state index is -0.658. The summed E-state index contributed by atoms with van der Waals surface area (Å²) in [6.45, 7) is 0. The van der Waals surface area contributed by atoms with Gasteiger partial charge in [0.05, 0.1) is 5.56 Å². The molecule has 0 bridgehead atoms. The van der Waals surface area contributed by atoms with Crippen molar-refractivity contribution in [3.63, 3.8) is 0 Å². The molecular weight excluding hydrogens is 274 g/mol. The standard InChI is InChI=1S/C15H12F2N4/c1-21-15(18)13(10-6-11(16)8-12(17)7-10)14(20-21)9-2-4-19-5-3-9/h2-8H,18H2,1H3. The molecule has 2 aromatic heterocycles. The van der Waals surface area contributed by atoms with Crippen LogP contribution in [0.3, 0.4) is 0 Å². The molecule has 2 heterocycles. The molecule has 0 saturated heterocycles. The third-order valence-electron chi connectivity index (χ3n) is 3.20. The third-order valence-corrected chi connectivity index (χ3v) is 3.20. The number of aryl methyl sites for hydroxylation is 1. The van der Waals surface area contributed by atoms with E-state index < -0.39 is 11.6 Å². The Bertz CT molecular complexity index is 777. The van der Waals surface area contributed by atoms with E-state index in [1.807, 2.05) is 0 Å². The molecule has 0 unspecified atom stereocenters. The van der Waals surface area contributed by atoms with Crippen LogP contribution in [0, 0.1) is 11.6 Å². The highest BCUT2D eigenvalue weighted by molar-refractivity contribution is 5.88. The molecular formula is C15H12F2N4. The van der Waals surface area contributed by atoms with E-state index in [0.717, 1.165) is 11.6 Å². The Morgan fingerprint density at radius 3 is 2.24 bits per heavy atom. The summed E-state index contributed by atoms with van der Waals surface area (Å²) in [5.74, 6) is -0.977. The monoisotopic (exact) mass is 286 g/mol. The Kier molecular flexibility index (Phi) is 3.13. The highest BCUT2D eigenvalue weighted by Crippen LogP contribution is 2.36. The van der Waals surface area contributed by atoms with Gasteiger partial charge in [0.15, 0.2) is 0 Å². The highest BCUT2D eigenvalue weighted by Gasteiger charge is 2.18. The maximum Gasteiger partial charge on any atom is 0.129 e. The van der Waals surface area contributed by atoms with Crippen LogP contribution in [-0.4, -0.2) is 14.8 Å². The molecule has 0 amide bonds. The number of halogens is 2. The van der Waals surface area contributed by atoms with Crippen LogP contribution in [0.15, 0.2) is 42.7 Å². The van der Waals surface area contributed by atoms with Gasteiger partial charge in [-0.25, -0.2) is 8.78 Å². The Balaban J connectivity index is 2.27. The zero-order valence-electron chi connectivity index (χ0n) is 11.2. The lowest BCUT2D eigenvalue weighted by atomic mass is 10.0. The van der Waals surface area contributed by atoms with Crippen molar-refractivity contribution in [2.75, 3.05) is 5.73 Å². The number of nitrogen functional groups attached to an aromatic ring is 1. The number of aromatic nitrogens is 3. The molecule has 0 atom stereocenters. The van der Waals surface area contributed by atoms with Gasteiger partial charge >= 0.3 is 0 Å². The molecule has 2 N–H and O–H groups in total. The number of anilines is 1. The van der Waals surface area contributed by atoms with Crippen LogP contribution in [0.25, 0.3) is 22.4 Å². The molecule has 4 nitrogen and oxygen atoms in total. The predicted octanol–water partition coefficient (Wildman–Crippen LogP) is 3.01. The Morgan fingerprint density at radius 1 is 1.00 bits per heavy atom. The van der Waals surface area contributed by atoms with Gasteiger partial charge in [-0.05, 0) is 29.8 Å². The molecule has 0 spiro atoms. The lowest BCUT2D eigenvalue weighted by Gasteiger charge is -2.05. The summed E-state index contributed by atoms with van der Waals surface area (Å²) in [7, 11) is 1.68. The van der Waals surface area contributed by atoms with E-state index in [1.54, 1.807) is 31.6 Å². The smallest absolute Gasteiger partial charge is 0.129 e. The first-order chi connectivity index (χ1) is 10.1. The van der Waals surface area contributed by atoms with E-state index in [0.29, 0.717) is 22.6 Å². The maximum absolute atomic E-state index is 13.5. The van der Waals surface area contributed by atoms with E-state index in [1.165, 1.54) is 16.8 Å². The fraction of sp³-hybridized carbons (Fsp3) is 0.0667. The van der Waals surface area contributed by atoms with E-state index >= 15 is 0 Å². The average Bonchev–Trinajstić information content (AvgIpc) is 2.75.